The molecule has 1 atom stereocenters. The van der Waals surface area contributed by atoms with Crippen LogP contribution in [-0.4, -0.2) is 34.6 Å². The van der Waals surface area contributed by atoms with Crippen LogP contribution in [-0.2, 0) is 4.79 Å². The van der Waals surface area contributed by atoms with Crippen molar-refractivity contribution in [2.45, 2.75) is 45.6 Å². The van der Waals surface area contributed by atoms with Crippen molar-refractivity contribution in [1.29, 1.82) is 0 Å². The van der Waals surface area contributed by atoms with Crippen LogP contribution in [0.2, 0.25) is 0 Å². The summed E-state index contributed by atoms with van der Waals surface area (Å²) < 4.78 is 0. The first-order valence-corrected chi connectivity index (χ1v) is 5.41. The monoisotopic (exact) mass is 199 g/mol. The van der Waals surface area contributed by atoms with Crippen molar-refractivity contribution >= 4 is 5.91 Å². The number of amides is 1. The predicted octanol–water partition coefficient (Wildman–Crippen LogP) is 1.41. The van der Waals surface area contributed by atoms with E-state index in [1.54, 1.807) is 4.90 Å². The molecular formula is C11H21NO2. The van der Waals surface area contributed by atoms with E-state index in [4.69, 9.17) is 0 Å². The quantitative estimate of drug-likeness (QED) is 0.730. The Labute approximate surface area is 86.1 Å². The maximum Gasteiger partial charge on any atom is 0.222 e. The molecule has 3 nitrogen and oxygen atoms in total. The zero-order chi connectivity index (χ0) is 10.8. The highest BCUT2D eigenvalue weighted by Gasteiger charge is 2.30. The van der Waals surface area contributed by atoms with Crippen molar-refractivity contribution in [2.75, 3.05) is 13.1 Å². The zero-order valence-electron chi connectivity index (χ0n) is 9.42. The Morgan fingerprint density at radius 1 is 1.57 bits per heavy atom. The van der Waals surface area contributed by atoms with Gasteiger partial charge in [0, 0.05) is 19.5 Å². The number of aliphatic hydroxyl groups is 1. The van der Waals surface area contributed by atoms with Gasteiger partial charge in [-0.05, 0) is 25.7 Å². The molecule has 0 radical (unpaired) electrons. The molecule has 82 valence electrons. The first-order chi connectivity index (χ1) is 6.41. The van der Waals surface area contributed by atoms with Crippen molar-refractivity contribution in [1.82, 2.24) is 4.90 Å². The van der Waals surface area contributed by atoms with Gasteiger partial charge >= 0.3 is 0 Å². The van der Waals surface area contributed by atoms with E-state index in [1.165, 1.54) is 0 Å². The van der Waals surface area contributed by atoms with E-state index < -0.39 is 5.60 Å². The highest BCUT2D eigenvalue weighted by Crippen LogP contribution is 2.21. The van der Waals surface area contributed by atoms with E-state index in [9.17, 15) is 9.90 Å². The molecule has 0 aromatic heterocycles. The second-order valence-electron chi connectivity index (χ2n) is 5.01. The molecule has 1 saturated heterocycles. The van der Waals surface area contributed by atoms with Gasteiger partial charge in [0.1, 0.15) is 0 Å². The second-order valence-corrected chi connectivity index (χ2v) is 5.01. The van der Waals surface area contributed by atoms with Crippen LogP contribution in [0, 0.1) is 5.92 Å². The van der Waals surface area contributed by atoms with Gasteiger partial charge in [-0.2, -0.15) is 0 Å². The third-order valence-electron chi connectivity index (χ3n) is 2.61. The lowest BCUT2D eigenvalue weighted by Gasteiger charge is -2.37. The van der Waals surface area contributed by atoms with E-state index >= 15 is 0 Å². The summed E-state index contributed by atoms with van der Waals surface area (Å²) in [7, 11) is 0. The summed E-state index contributed by atoms with van der Waals surface area (Å²) in [6.45, 7) is 7.20. The van der Waals surface area contributed by atoms with E-state index in [0.29, 0.717) is 18.9 Å². The number of likely N-dealkylation sites (tertiary alicyclic amines) is 1. The molecule has 1 heterocycles. The lowest BCUT2D eigenvalue weighted by Crippen LogP contribution is -2.48. The fourth-order valence-electron chi connectivity index (χ4n) is 1.91. The Kier molecular flexibility index (Phi) is 3.53. The average Bonchev–Trinajstić information content (AvgIpc) is 2.01. The summed E-state index contributed by atoms with van der Waals surface area (Å²) in [5.74, 6) is 0.578. The Bertz CT molecular complexity index is 211. The van der Waals surface area contributed by atoms with Crippen LogP contribution in [0.4, 0.5) is 0 Å². The molecule has 1 aliphatic heterocycles. The van der Waals surface area contributed by atoms with Gasteiger partial charge < -0.3 is 10.0 Å². The normalized spacial score (nSPS) is 28.2. The summed E-state index contributed by atoms with van der Waals surface area (Å²) in [6.07, 6.45) is 2.31. The summed E-state index contributed by atoms with van der Waals surface area (Å²) in [4.78, 5) is 13.5. The van der Waals surface area contributed by atoms with Crippen molar-refractivity contribution in [3.63, 3.8) is 0 Å². The van der Waals surface area contributed by atoms with Crippen molar-refractivity contribution in [3.8, 4) is 0 Å². The minimum Gasteiger partial charge on any atom is -0.388 e. The second kappa shape index (κ2) is 4.30. The number of carbonyl (C=O) groups is 1. The molecule has 1 unspecified atom stereocenters. The topological polar surface area (TPSA) is 40.5 Å². The number of hydrogen-bond acceptors (Lipinski definition) is 2. The molecule has 0 bridgehead atoms. The van der Waals surface area contributed by atoms with Gasteiger partial charge in [0.25, 0.3) is 0 Å². The minimum atomic E-state index is -0.676. The van der Waals surface area contributed by atoms with Crippen LogP contribution in [0.5, 0.6) is 0 Å². The van der Waals surface area contributed by atoms with E-state index in [-0.39, 0.29) is 5.91 Å². The van der Waals surface area contributed by atoms with Crippen molar-refractivity contribution < 1.29 is 9.90 Å². The molecule has 1 rings (SSSR count). The summed E-state index contributed by atoms with van der Waals surface area (Å²) in [5, 5.41) is 9.83. The maximum absolute atomic E-state index is 11.7. The Hall–Kier alpha value is -0.570. The van der Waals surface area contributed by atoms with E-state index in [2.05, 4.69) is 0 Å². The molecular weight excluding hydrogens is 178 g/mol. The number of rotatable bonds is 2. The van der Waals surface area contributed by atoms with Gasteiger partial charge in [-0.3, -0.25) is 4.79 Å². The van der Waals surface area contributed by atoms with Gasteiger partial charge in [0.15, 0.2) is 0 Å². The van der Waals surface area contributed by atoms with Crippen LogP contribution < -0.4 is 0 Å². The number of carbonyl (C=O) groups excluding carboxylic acids is 1. The summed E-state index contributed by atoms with van der Waals surface area (Å²) in [5.41, 5.74) is -0.676. The summed E-state index contributed by atoms with van der Waals surface area (Å²) >= 11 is 0. The molecule has 0 aromatic rings. The number of hydrogen-bond donors (Lipinski definition) is 1. The number of nitrogens with zero attached hydrogens (tertiary/aromatic N) is 1. The molecule has 3 heteroatoms. The molecule has 1 amide bonds. The van der Waals surface area contributed by atoms with Gasteiger partial charge in [0.2, 0.25) is 5.91 Å². The fourth-order valence-corrected chi connectivity index (χ4v) is 1.91. The molecule has 0 spiro atoms. The Morgan fingerprint density at radius 3 is 2.71 bits per heavy atom. The number of piperidine rings is 1. The molecule has 1 N–H and O–H groups in total. The van der Waals surface area contributed by atoms with Gasteiger partial charge in [-0.15, -0.1) is 0 Å². The van der Waals surface area contributed by atoms with Crippen LogP contribution in [0.15, 0.2) is 0 Å². The average molecular weight is 199 g/mol. The highest BCUT2D eigenvalue weighted by atomic mass is 16.3. The third-order valence-corrected chi connectivity index (χ3v) is 2.61. The number of β-amino-alcohol motifs (C(OH)–C–C–N with tert-alkyl or cyclic N) is 1. The lowest BCUT2D eigenvalue weighted by atomic mass is 9.94. The molecule has 0 aromatic carbocycles. The van der Waals surface area contributed by atoms with Crippen LogP contribution in [0.25, 0.3) is 0 Å². The first-order valence-electron chi connectivity index (χ1n) is 5.41. The SMILES string of the molecule is CC(C)CC(=O)N1CCCC(C)(O)C1. The molecule has 14 heavy (non-hydrogen) atoms. The smallest absolute Gasteiger partial charge is 0.222 e. The third kappa shape index (κ3) is 3.29. The summed E-state index contributed by atoms with van der Waals surface area (Å²) in [6, 6.07) is 0. The molecule has 0 aliphatic carbocycles. The van der Waals surface area contributed by atoms with Gasteiger partial charge in [0.05, 0.1) is 5.60 Å². The van der Waals surface area contributed by atoms with Gasteiger partial charge in [-0.25, -0.2) is 0 Å². The lowest BCUT2D eigenvalue weighted by molar-refractivity contribution is -0.138. The predicted molar refractivity (Wildman–Crippen MR) is 55.9 cm³/mol. The highest BCUT2D eigenvalue weighted by molar-refractivity contribution is 5.76. The molecule has 0 saturated carbocycles. The first kappa shape index (κ1) is 11.5. The van der Waals surface area contributed by atoms with E-state index in [1.807, 2.05) is 20.8 Å². The van der Waals surface area contributed by atoms with E-state index in [0.717, 1.165) is 19.4 Å². The molecule has 1 fully saturated rings. The Morgan fingerprint density at radius 2 is 2.21 bits per heavy atom. The maximum atomic E-state index is 11.7. The van der Waals surface area contributed by atoms with Gasteiger partial charge in [-0.1, -0.05) is 13.8 Å². The standard InChI is InChI=1S/C11H21NO2/c1-9(2)7-10(13)12-6-4-5-11(3,14)8-12/h9,14H,4-8H2,1-3H3. The fraction of sp³-hybridized carbons (Fsp3) is 0.909. The van der Waals surface area contributed by atoms with Crippen molar-refractivity contribution in [2.24, 2.45) is 5.92 Å². The van der Waals surface area contributed by atoms with Crippen molar-refractivity contribution in [3.05, 3.63) is 0 Å². The van der Waals surface area contributed by atoms with Crippen LogP contribution in [0.1, 0.15) is 40.0 Å². The minimum absolute atomic E-state index is 0.181. The van der Waals surface area contributed by atoms with Crippen LogP contribution >= 0.6 is 0 Å². The zero-order valence-corrected chi connectivity index (χ0v) is 9.42. The Balaban J connectivity index is 2.48. The van der Waals surface area contributed by atoms with Crippen LogP contribution in [0.3, 0.4) is 0 Å². The molecule has 1 aliphatic rings. The largest absolute Gasteiger partial charge is 0.388 e.